The molecular weight excluding hydrogens is 270 g/mol. The molecule has 0 bridgehead atoms. The zero-order valence-electron chi connectivity index (χ0n) is 8.42. The Hall–Kier alpha value is -0.490. The summed E-state index contributed by atoms with van der Waals surface area (Å²) in [6.07, 6.45) is 3.27. The highest BCUT2D eigenvalue weighted by atomic mass is 79.9. The van der Waals surface area contributed by atoms with Crippen molar-refractivity contribution in [3.63, 3.8) is 0 Å². The lowest BCUT2D eigenvalue weighted by Gasteiger charge is -2.00. The van der Waals surface area contributed by atoms with Gasteiger partial charge >= 0.3 is 6.55 Å². The molecule has 0 N–H and O–H groups in total. The summed E-state index contributed by atoms with van der Waals surface area (Å²) in [6, 6.07) is 0. The molecule has 6 heteroatoms. The van der Waals surface area contributed by atoms with E-state index in [0.717, 1.165) is 12.8 Å². The zero-order valence-corrected chi connectivity index (χ0v) is 10.0. The van der Waals surface area contributed by atoms with Gasteiger partial charge in [-0.1, -0.05) is 13.3 Å². The average Bonchev–Trinajstić information content (AvgIpc) is 2.55. The summed E-state index contributed by atoms with van der Waals surface area (Å²) >= 11 is 3.16. The van der Waals surface area contributed by atoms with Crippen molar-refractivity contribution in [3.8, 4) is 0 Å². The molecule has 1 aromatic rings. The second-order valence-corrected chi connectivity index (χ2v) is 3.94. The zero-order chi connectivity index (χ0) is 11.3. The molecule has 0 aliphatic carbocycles. The number of aromatic nitrogens is 2. The Morgan fingerprint density at radius 3 is 2.87 bits per heavy atom. The van der Waals surface area contributed by atoms with Gasteiger partial charge in [-0.3, -0.25) is 0 Å². The van der Waals surface area contributed by atoms with E-state index in [1.807, 2.05) is 0 Å². The first-order valence-corrected chi connectivity index (χ1v) is 5.54. The Morgan fingerprint density at radius 1 is 1.60 bits per heavy atom. The molecule has 0 aliphatic rings. The van der Waals surface area contributed by atoms with Gasteiger partial charge in [-0.2, -0.15) is 13.9 Å². The van der Waals surface area contributed by atoms with Crippen LogP contribution in [0.4, 0.5) is 8.78 Å². The summed E-state index contributed by atoms with van der Waals surface area (Å²) in [4.78, 5) is 0. The molecule has 15 heavy (non-hydrogen) atoms. The van der Waals surface area contributed by atoms with Gasteiger partial charge in [0.25, 0.3) is 0 Å². The molecule has 0 spiro atoms. The lowest BCUT2D eigenvalue weighted by Crippen LogP contribution is -2.01. The summed E-state index contributed by atoms with van der Waals surface area (Å²) in [6.45, 7) is 0.348. The van der Waals surface area contributed by atoms with Gasteiger partial charge in [0, 0.05) is 12.8 Å². The SMILES string of the molecule is CCCCOCc1nn(C(F)F)cc1Br. The first-order chi connectivity index (χ1) is 7.15. The third kappa shape index (κ3) is 3.87. The molecule has 0 saturated carbocycles. The fraction of sp³-hybridized carbons (Fsp3) is 0.667. The van der Waals surface area contributed by atoms with E-state index >= 15 is 0 Å². The summed E-state index contributed by atoms with van der Waals surface area (Å²) in [7, 11) is 0. The molecule has 0 saturated heterocycles. The van der Waals surface area contributed by atoms with Crippen molar-refractivity contribution < 1.29 is 13.5 Å². The maximum Gasteiger partial charge on any atom is 0.333 e. The summed E-state index contributed by atoms with van der Waals surface area (Å²) in [5, 5.41) is 3.70. The van der Waals surface area contributed by atoms with Gasteiger partial charge in [0.1, 0.15) is 5.69 Å². The van der Waals surface area contributed by atoms with Gasteiger partial charge in [-0.15, -0.1) is 0 Å². The minimum Gasteiger partial charge on any atom is -0.375 e. The lowest BCUT2D eigenvalue weighted by atomic mass is 10.4. The highest BCUT2D eigenvalue weighted by Gasteiger charge is 2.12. The minimum absolute atomic E-state index is 0.264. The number of rotatable bonds is 6. The van der Waals surface area contributed by atoms with Crippen LogP contribution in [-0.2, 0) is 11.3 Å². The van der Waals surface area contributed by atoms with Gasteiger partial charge in [0.05, 0.1) is 11.1 Å². The van der Waals surface area contributed by atoms with Crippen LogP contribution in [-0.4, -0.2) is 16.4 Å². The van der Waals surface area contributed by atoms with Crippen LogP contribution in [0.15, 0.2) is 10.7 Å². The quantitative estimate of drug-likeness (QED) is 0.748. The lowest BCUT2D eigenvalue weighted by molar-refractivity contribution is 0.0542. The Bertz CT molecular complexity index is 304. The molecule has 0 aliphatic heterocycles. The smallest absolute Gasteiger partial charge is 0.333 e. The number of ether oxygens (including phenoxy) is 1. The number of hydrogen-bond donors (Lipinski definition) is 0. The fourth-order valence-corrected chi connectivity index (χ4v) is 1.42. The van der Waals surface area contributed by atoms with Gasteiger partial charge in [0.15, 0.2) is 0 Å². The molecule has 86 valence electrons. The minimum atomic E-state index is -2.61. The van der Waals surface area contributed by atoms with Crippen LogP contribution < -0.4 is 0 Å². The van der Waals surface area contributed by atoms with Gasteiger partial charge in [0.2, 0.25) is 0 Å². The van der Waals surface area contributed by atoms with Crippen LogP contribution in [0.2, 0.25) is 0 Å². The number of hydrogen-bond acceptors (Lipinski definition) is 2. The summed E-state index contributed by atoms with van der Waals surface area (Å²) in [5.74, 6) is 0. The van der Waals surface area contributed by atoms with Crippen molar-refractivity contribution in [2.45, 2.75) is 32.9 Å². The largest absolute Gasteiger partial charge is 0.375 e. The molecule has 1 heterocycles. The standard InChI is InChI=1S/C9H13BrF2N2O/c1-2-3-4-15-6-8-7(10)5-14(13-8)9(11)12/h5,9H,2-4,6H2,1H3. The van der Waals surface area contributed by atoms with Gasteiger partial charge in [-0.05, 0) is 22.4 Å². The molecule has 1 rings (SSSR count). The van der Waals surface area contributed by atoms with Gasteiger partial charge in [-0.25, -0.2) is 4.68 Å². The highest BCUT2D eigenvalue weighted by Crippen LogP contribution is 2.19. The van der Waals surface area contributed by atoms with Crippen LogP contribution in [0.5, 0.6) is 0 Å². The second-order valence-electron chi connectivity index (χ2n) is 3.09. The Kier molecular flexibility index (Phi) is 5.17. The van der Waals surface area contributed by atoms with Gasteiger partial charge < -0.3 is 4.74 Å². The van der Waals surface area contributed by atoms with E-state index < -0.39 is 6.55 Å². The van der Waals surface area contributed by atoms with E-state index in [4.69, 9.17) is 4.74 Å². The van der Waals surface area contributed by atoms with E-state index in [1.54, 1.807) is 0 Å². The first-order valence-electron chi connectivity index (χ1n) is 4.74. The van der Waals surface area contributed by atoms with Crippen molar-refractivity contribution in [2.75, 3.05) is 6.61 Å². The van der Waals surface area contributed by atoms with E-state index in [9.17, 15) is 8.78 Å². The van der Waals surface area contributed by atoms with Crippen LogP contribution >= 0.6 is 15.9 Å². The molecule has 0 amide bonds. The predicted molar refractivity (Wildman–Crippen MR) is 55.7 cm³/mol. The molecule has 0 radical (unpaired) electrons. The average molecular weight is 283 g/mol. The maximum absolute atomic E-state index is 12.2. The number of unbranched alkanes of at least 4 members (excludes halogenated alkanes) is 1. The van der Waals surface area contributed by atoms with E-state index in [1.165, 1.54) is 6.20 Å². The molecule has 1 aromatic heterocycles. The fourth-order valence-electron chi connectivity index (χ4n) is 1.02. The molecule has 0 fully saturated rings. The van der Waals surface area contributed by atoms with Crippen molar-refractivity contribution >= 4 is 15.9 Å². The molecule has 0 unspecified atom stereocenters. The van der Waals surface area contributed by atoms with Crippen molar-refractivity contribution in [3.05, 3.63) is 16.4 Å². The van der Waals surface area contributed by atoms with Crippen LogP contribution in [0.3, 0.4) is 0 Å². The maximum atomic E-state index is 12.2. The Labute approximate surface area is 95.5 Å². The van der Waals surface area contributed by atoms with Crippen LogP contribution in [0, 0.1) is 0 Å². The second kappa shape index (κ2) is 6.17. The topological polar surface area (TPSA) is 27.1 Å². The number of nitrogens with zero attached hydrogens (tertiary/aromatic N) is 2. The summed E-state index contributed by atoms with van der Waals surface area (Å²) in [5.41, 5.74) is 0.506. The van der Waals surface area contributed by atoms with E-state index in [0.29, 0.717) is 21.5 Å². The van der Waals surface area contributed by atoms with E-state index in [-0.39, 0.29) is 6.61 Å². The first kappa shape index (κ1) is 12.6. The predicted octanol–water partition coefficient (Wildman–Crippen LogP) is 3.36. The number of halogens is 3. The van der Waals surface area contributed by atoms with Crippen LogP contribution in [0.1, 0.15) is 32.0 Å². The summed E-state index contributed by atoms with van der Waals surface area (Å²) < 4.78 is 30.9. The molecular formula is C9H13BrF2N2O. The van der Waals surface area contributed by atoms with Crippen LogP contribution in [0.25, 0.3) is 0 Å². The Morgan fingerprint density at radius 2 is 2.33 bits per heavy atom. The number of alkyl halides is 2. The third-order valence-corrected chi connectivity index (χ3v) is 2.50. The van der Waals surface area contributed by atoms with Crippen molar-refractivity contribution in [1.29, 1.82) is 0 Å². The highest BCUT2D eigenvalue weighted by molar-refractivity contribution is 9.10. The molecule has 3 nitrogen and oxygen atoms in total. The van der Waals surface area contributed by atoms with Crippen molar-refractivity contribution in [2.24, 2.45) is 0 Å². The monoisotopic (exact) mass is 282 g/mol. The van der Waals surface area contributed by atoms with Crippen molar-refractivity contribution in [1.82, 2.24) is 9.78 Å². The third-order valence-electron chi connectivity index (χ3n) is 1.84. The normalized spacial score (nSPS) is 11.3. The van der Waals surface area contributed by atoms with E-state index in [2.05, 4.69) is 28.0 Å². The molecule has 0 atom stereocenters. The molecule has 0 aromatic carbocycles. The Balaban J connectivity index is 2.46.